The fraction of sp³-hybridized carbons (Fsp3) is 0.500. The molecule has 1 aromatic rings. The number of nitriles is 1. The number of anilines is 1. The highest BCUT2D eigenvalue weighted by Crippen LogP contribution is 2.30. The first kappa shape index (κ1) is 14.7. The van der Waals surface area contributed by atoms with Crippen molar-refractivity contribution in [3.63, 3.8) is 0 Å². The van der Waals surface area contributed by atoms with Gasteiger partial charge < -0.3 is 5.32 Å². The van der Waals surface area contributed by atoms with Crippen LogP contribution in [0.1, 0.15) is 31.2 Å². The maximum Gasteiger partial charge on any atom is 0.270 e. The predicted molar refractivity (Wildman–Crippen MR) is 81.0 cm³/mol. The SMILES string of the molecule is CSC1CCC(Nc2ccc([N+](=O)[O-])cc2C#N)CC1. The number of nitrogens with zero attached hydrogens (tertiary/aromatic N) is 2. The third-order valence-corrected chi connectivity index (χ3v) is 4.84. The number of nitro groups is 1. The van der Waals surface area contributed by atoms with Crippen LogP contribution in [0, 0.1) is 21.4 Å². The summed E-state index contributed by atoms with van der Waals surface area (Å²) in [6.07, 6.45) is 6.64. The summed E-state index contributed by atoms with van der Waals surface area (Å²) >= 11 is 1.91. The average molecular weight is 291 g/mol. The largest absolute Gasteiger partial charge is 0.381 e. The van der Waals surface area contributed by atoms with Crippen LogP contribution in [0.2, 0.25) is 0 Å². The summed E-state index contributed by atoms with van der Waals surface area (Å²) < 4.78 is 0. The maximum atomic E-state index is 10.7. The highest BCUT2D eigenvalue weighted by atomic mass is 32.2. The van der Waals surface area contributed by atoms with Crippen molar-refractivity contribution in [1.82, 2.24) is 0 Å². The molecule has 0 amide bonds. The Kier molecular flexibility index (Phi) is 4.85. The summed E-state index contributed by atoms with van der Waals surface area (Å²) in [5.74, 6) is 0. The number of nitrogens with one attached hydrogen (secondary N) is 1. The van der Waals surface area contributed by atoms with Crippen LogP contribution in [0.3, 0.4) is 0 Å². The third kappa shape index (κ3) is 3.42. The summed E-state index contributed by atoms with van der Waals surface area (Å²) in [6, 6.07) is 6.79. The quantitative estimate of drug-likeness (QED) is 0.678. The second-order valence-corrected chi connectivity index (χ2v) is 6.09. The van der Waals surface area contributed by atoms with Gasteiger partial charge in [-0.25, -0.2) is 0 Å². The zero-order valence-electron chi connectivity index (χ0n) is 11.3. The number of hydrogen-bond acceptors (Lipinski definition) is 5. The van der Waals surface area contributed by atoms with Gasteiger partial charge in [0.25, 0.3) is 5.69 Å². The van der Waals surface area contributed by atoms with Gasteiger partial charge in [-0.05, 0) is 38.0 Å². The molecule has 0 aliphatic heterocycles. The molecule has 20 heavy (non-hydrogen) atoms. The molecule has 1 N–H and O–H groups in total. The molecule has 5 nitrogen and oxygen atoms in total. The second kappa shape index (κ2) is 6.62. The third-order valence-electron chi connectivity index (χ3n) is 3.70. The first-order valence-corrected chi connectivity index (χ1v) is 7.90. The molecular formula is C14H17N3O2S. The Morgan fingerprint density at radius 3 is 2.65 bits per heavy atom. The van der Waals surface area contributed by atoms with E-state index in [-0.39, 0.29) is 5.69 Å². The predicted octanol–water partition coefficient (Wildman–Crippen LogP) is 3.55. The Hall–Kier alpha value is -1.74. The summed E-state index contributed by atoms with van der Waals surface area (Å²) in [5.41, 5.74) is 0.995. The van der Waals surface area contributed by atoms with Crippen molar-refractivity contribution in [2.24, 2.45) is 0 Å². The molecule has 1 fully saturated rings. The van der Waals surface area contributed by atoms with E-state index < -0.39 is 4.92 Å². The molecule has 106 valence electrons. The molecule has 0 saturated heterocycles. The van der Waals surface area contributed by atoms with Crippen LogP contribution in [0.4, 0.5) is 11.4 Å². The lowest BCUT2D eigenvalue weighted by Crippen LogP contribution is -2.27. The molecule has 2 rings (SSSR count). The van der Waals surface area contributed by atoms with Gasteiger partial charge in [-0.1, -0.05) is 0 Å². The van der Waals surface area contributed by atoms with Crippen molar-refractivity contribution >= 4 is 23.1 Å². The fourth-order valence-corrected chi connectivity index (χ4v) is 3.27. The lowest BCUT2D eigenvalue weighted by molar-refractivity contribution is -0.384. The van der Waals surface area contributed by atoms with Crippen molar-refractivity contribution in [1.29, 1.82) is 5.26 Å². The number of nitro benzene ring substituents is 1. The fourth-order valence-electron chi connectivity index (χ4n) is 2.53. The topological polar surface area (TPSA) is 79.0 Å². The van der Waals surface area contributed by atoms with Crippen LogP contribution in [0.5, 0.6) is 0 Å². The van der Waals surface area contributed by atoms with E-state index in [1.807, 2.05) is 17.8 Å². The number of benzene rings is 1. The Morgan fingerprint density at radius 1 is 1.40 bits per heavy atom. The molecular weight excluding hydrogens is 274 g/mol. The van der Waals surface area contributed by atoms with Crippen molar-refractivity contribution in [3.8, 4) is 6.07 Å². The Morgan fingerprint density at radius 2 is 2.10 bits per heavy atom. The molecule has 0 heterocycles. The van der Waals surface area contributed by atoms with Gasteiger partial charge in [-0.2, -0.15) is 17.0 Å². The van der Waals surface area contributed by atoms with Gasteiger partial charge in [0, 0.05) is 23.4 Å². The van der Waals surface area contributed by atoms with Gasteiger partial charge in [-0.3, -0.25) is 10.1 Å². The van der Waals surface area contributed by atoms with E-state index in [0.717, 1.165) is 18.1 Å². The molecule has 1 aliphatic rings. The number of non-ortho nitro benzene ring substituents is 1. The van der Waals surface area contributed by atoms with Crippen molar-refractivity contribution < 1.29 is 4.92 Å². The second-order valence-electron chi connectivity index (χ2n) is 4.95. The molecule has 0 bridgehead atoms. The highest BCUT2D eigenvalue weighted by molar-refractivity contribution is 7.99. The van der Waals surface area contributed by atoms with Crippen LogP contribution in [-0.2, 0) is 0 Å². The molecule has 1 aromatic carbocycles. The van der Waals surface area contributed by atoms with Gasteiger partial charge in [0.05, 0.1) is 16.2 Å². The molecule has 0 spiro atoms. The Bertz CT molecular complexity index is 534. The molecule has 1 saturated carbocycles. The molecule has 0 unspecified atom stereocenters. The minimum Gasteiger partial charge on any atom is -0.381 e. The zero-order chi connectivity index (χ0) is 14.5. The van der Waals surface area contributed by atoms with Gasteiger partial charge in [0.15, 0.2) is 0 Å². The van der Waals surface area contributed by atoms with Crippen molar-refractivity contribution in [2.45, 2.75) is 37.0 Å². The smallest absolute Gasteiger partial charge is 0.270 e. The lowest BCUT2D eigenvalue weighted by atomic mass is 9.94. The standard InChI is InChI=1S/C14H17N3O2S/c1-20-13-5-2-11(3-6-13)16-14-7-4-12(17(18)19)8-10(14)9-15/h4,7-8,11,13,16H,2-3,5-6H2,1H3. The average Bonchev–Trinajstić information content (AvgIpc) is 2.48. The van der Waals surface area contributed by atoms with E-state index in [1.165, 1.54) is 25.0 Å². The van der Waals surface area contributed by atoms with E-state index in [9.17, 15) is 10.1 Å². The van der Waals surface area contributed by atoms with Gasteiger partial charge in [0.1, 0.15) is 6.07 Å². The summed E-state index contributed by atoms with van der Waals surface area (Å²) in [4.78, 5) is 10.2. The van der Waals surface area contributed by atoms with Crippen LogP contribution in [-0.4, -0.2) is 22.5 Å². The normalized spacial score (nSPS) is 22.0. The van der Waals surface area contributed by atoms with E-state index in [0.29, 0.717) is 17.3 Å². The summed E-state index contributed by atoms with van der Waals surface area (Å²) in [7, 11) is 0. The van der Waals surface area contributed by atoms with E-state index in [2.05, 4.69) is 11.6 Å². The van der Waals surface area contributed by atoms with Gasteiger partial charge >= 0.3 is 0 Å². The first-order chi connectivity index (χ1) is 9.63. The molecule has 0 aromatic heterocycles. The minimum absolute atomic E-state index is 0.0433. The Labute approximate surface area is 122 Å². The number of hydrogen-bond donors (Lipinski definition) is 1. The minimum atomic E-state index is -0.478. The molecule has 0 atom stereocenters. The number of thioether (sulfide) groups is 1. The monoisotopic (exact) mass is 291 g/mol. The maximum absolute atomic E-state index is 10.7. The highest BCUT2D eigenvalue weighted by Gasteiger charge is 2.21. The summed E-state index contributed by atoms with van der Waals surface area (Å²) in [6.45, 7) is 0. The molecule has 1 aliphatic carbocycles. The first-order valence-electron chi connectivity index (χ1n) is 6.62. The lowest BCUT2D eigenvalue weighted by Gasteiger charge is -2.29. The molecule has 0 radical (unpaired) electrons. The Balaban J connectivity index is 2.06. The molecule has 6 heteroatoms. The zero-order valence-corrected chi connectivity index (χ0v) is 12.2. The van der Waals surface area contributed by atoms with Crippen LogP contribution in [0.25, 0.3) is 0 Å². The van der Waals surface area contributed by atoms with E-state index in [1.54, 1.807) is 6.07 Å². The van der Waals surface area contributed by atoms with Crippen molar-refractivity contribution in [3.05, 3.63) is 33.9 Å². The van der Waals surface area contributed by atoms with E-state index in [4.69, 9.17) is 5.26 Å². The van der Waals surface area contributed by atoms with Crippen LogP contribution < -0.4 is 5.32 Å². The van der Waals surface area contributed by atoms with Crippen LogP contribution >= 0.6 is 11.8 Å². The van der Waals surface area contributed by atoms with Gasteiger partial charge in [-0.15, -0.1) is 0 Å². The van der Waals surface area contributed by atoms with Crippen molar-refractivity contribution in [2.75, 3.05) is 11.6 Å². The van der Waals surface area contributed by atoms with Crippen LogP contribution in [0.15, 0.2) is 18.2 Å². The van der Waals surface area contributed by atoms with E-state index >= 15 is 0 Å². The number of rotatable bonds is 4. The summed E-state index contributed by atoms with van der Waals surface area (Å²) in [5, 5.41) is 23.9. The van der Waals surface area contributed by atoms with Gasteiger partial charge in [0.2, 0.25) is 0 Å².